The van der Waals surface area contributed by atoms with Crippen molar-refractivity contribution in [2.24, 2.45) is 0 Å². The summed E-state index contributed by atoms with van der Waals surface area (Å²) in [6.45, 7) is 9.60. The molecule has 2 heterocycles. The molecule has 0 aromatic carbocycles. The third-order valence-electron chi connectivity index (χ3n) is 3.05. The normalized spacial score (nSPS) is 25.1. The van der Waals surface area contributed by atoms with Crippen LogP contribution in [-0.2, 0) is 4.74 Å². The predicted octanol–water partition coefficient (Wildman–Crippen LogP) is 2.36. The van der Waals surface area contributed by atoms with Crippen molar-refractivity contribution in [2.75, 3.05) is 18.1 Å². The number of morpholine rings is 1. The average Bonchev–Trinajstić information content (AvgIpc) is 2.27. The molecule has 2 atom stereocenters. The van der Waals surface area contributed by atoms with Gasteiger partial charge in [0.15, 0.2) is 0 Å². The standard InChI is InChI=1S/C12H18ClN3O/c1-7-6-17-8(2)5-16(7)12-9(3)11(13)14-10(4)15-12/h7-8H,5-6H2,1-4H3. The van der Waals surface area contributed by atoms with Crippen LogP contribution in [0.4, 0.5) is 5.82 Å². The molecule has 1 aliphatic rings. The molecule has 2 rings (SSSR count). The SMILES string of the molecule is Cc1nc(Cl)c(C)c(N2CC(C)OCC2C)n1. The van der Waals surface area contributed by atoms with Crippen LogP contribution in [0, 0.1) is 13.8 Å². The van der Waals surface area contributed by atoms with Crippen molar-refractivity contribution < 1.29 is 4.74 Å². The Labute approximate surface area is 107 Å². The molecule has 1 saturated heterocycles. The monoisotopic (exact) mass is 255 g/mol. The van der Waals surface area contributed by atoms with E-state index < -0.39 is 0 Å². The lowest BCUT2D eigenvalue weighted by Crippen LogP contribution is -2.48. The molecule has 17 heavy (non-hydrogen) atoms. The largest absolute Gasteiger partial charge is 0.375 e. The maximum Gasteiger partial charge on any atom is 0.137 e. The number of hydrogen-bond acceptors (Lipinski definition) is 4. The van der Waals surface area contributed by atoms with E-state index in [0.29, 0.717) is 17.0 Å². The Morgan fingerprint density at radius 3 is 2.71 bits per heavy atom. The van der Waals surface area contributed by atoms with Crippen LogP contribution in [0.3, 0.4) is 0 Å². The molecule has 0 amide bonds. The second kappa shape index (κ2) is 4.78. The summed E-state index contributed by atoms with van der Waals surface area (Å²) in [7, 11) is 0. The van der Waals surface area contributed by atoms with Crippen LogP contribution in [0.1, 0.15) is 25.2 Å². The highest BCUT2D eigenvalue weighted by molar-refractivity contribution is 6.30. The molecule has 1 aliphatic heterocycles. The Kier molecular flexibility index (Phi) is 3.54. The number of halogens is 1. The number of hydrogen-bond donors (Lipinski definition) is 0. The van der Waals surface area contributed by atoms with Gasteiger partial charge in [-0.2, -0.15) is 0 Å². The molecule has 94 valence electrons. The zero-order valence-corrected chi connectivity index (χ0v) is 11.5. The number of aromatic nitrogens is 2. The van der Waals surface area contributed by atoms with Crippen molar-refractivity contribution in [1.82, 2.24) is 9.97 Å². The highest BCUT2D eigenvalue weighted by Gasteiger charge is 2.26. The molecule has 1 fully saturated rings. The van der Waals surface area contributed by atoms with E-state index in [1.807, 2.05) is 13.8 Å². The quantitative estimate of drug-likeness (QED) is 0.722. The molecule has 0 bridgehead atoms. The first kappa shape index (κ1) is 12.6. The van der Waals surface area contributed by atoms with Gasteiger partial charge in [-0.3, -0.25) is 0 Å². The van der Waals surface area contributed by atoms with Crippen LogP contribution in [0.2, 0.25) is 5.15 Å². The number of rotatable bonds is 1. The van der Waals surface area contributed by atoms with Crippen molar-refractivity contribution in [2.45, 2.75) is 39.8 Å². The Hall–Kier alpha value is -0.870. The topological polar surface area (TPSA) is 38.2 Å². The summed E-state index contributed by atoms with van der Waals surface area (Å²) >= 11 is 6.11. The van der Waals surface area contributed by atoms with Crippen molar-refractivity contribution in [1.29, 1.82) is 0 Å². The van der Waals surface area contributed by atoms with Gasteiger partial charge in [0, 0.05) is 12.1 Å². The van der Waals surface area contributed by atoms with E-state index in [9.17, 15) is 0 Å². The van der Waals surface area contributed by atoms with Gasteiger partial charge < -0.3 is 9.64 Å². The lowest BCUT2D eigenvalue weighted by molar-refractivity contribution is 0.0340. The van der Waals surface area contributed by atoms with E-state index in [0.717, 1.165) is 24.5 Å². The van der Waals surface area contributed by atoms with Crippen LogP contribution in [0.15, 0.2) is 0 Å². The molecule has 2 unspecified atom stereocenters. The van der Waals surface area contributed by atoms with Crippen molar-refractivity contribution >= 4 is 17.4 Å². The van der Waals surface area contributed by atoms with Gasteiger partial charge in [-0.25, -0.2) is 9.97 Å². The Morgan fingerprint density at radius 2 is 2.00 bits per heavy atom. The number of anilines is 1. The third kappa shape index (κ3) is 2.53. The Balaban J connectivity index is 2.38. The Morgan fingerprint density at radius 1 is 1.29 bits per heavy atom. The van der Waals surface area contributed by atoms with Gasteiger partial charge in [0.2, 0.25) is 0 Å². The Bertz CT molecular complexity index is 424. The van der Waals surface area contributed by atoms with Crippen LogP contribution in [0.5, 0.6) is 0 Å². The van der Waals surface area contributed by atoms with Gasteiger partial charge >= 0.3 is 0 Å². The van der Waals surface area contributed by atoms with Crippen molar-refractivity contribution in [3.05, 3.63) is 16.5 Å². The molecular formula is C12H18ClN3O. The summed E-state index contributed by atoms with van der Waals surface area (Å²) in [6.07, 6.45) is 0.222. The third-order valence-corrected chi connectivity index (χ3v) is 3.42. The number of nitrogens with zero attached hydrogens (tertiary/aromatic N) is 3. The van der Waals surface area contributed by atoms with E-state index in [1.54, 1.807) is 0 Å². The molecule has 5 heteroatoms. The fourth-order valence-corrected chi connectivity index (χ4v) is 2.27. The highest BCUT2D eigenvalue weighted by atomic mass is 35.5. The second-order valence-electron chi connectivity index (χ2n) is 4.66. The van der Waals surface area contributed by atoms with E-state index in [-0.39, 0.29) is 6.10 Å². The first-order valence-corrected chi connectivity index (χ1v) is 6.25. The molecule has 0 saturated carbocycles. The van der Waals surface area contributed by atoms with E-state index in [2.05, 4.69) is 28.7 Å². The van der Waals surface area contributed by atoms with Gasteiger partial charge in [0.1, 0.15) is 16.8 Å². The van der Waals surface area contributed by atoms with Crippen LogP contribution < -0.4 is 4.90 Å². The lowest BCUT2D eigenvalue weighted by atomic mass is 10.2. The summed E-state index contributed by atoms with van der Waals surface area (Å²) < 4.78 is 5.62. The van der Waals surface area contributed by atoms with Gasteiger partial charge in [0.05, 0.1) is 18.8 Å². The molecule has 4 nitrogen and oxygen atoms in total. The van der Waals surface area contributed by atoms with Crippen molar-refractivity contribution in [3.63, 3.8) is 0 Å². The summed E-state index contributed by atoms with van der Waals surface area (Å²) in [4.78, 5) is 10.9. The highest BCUT2D eigenvalue weighted by Crippen LogP contribution is 2.27. The molecule has 0 N–H and O–H groups in total. The van der Waals surface area contributed by atoms with Crippen LogP contribution in [0.25, 0.3) is 0 Å². The first-order valence-electron chi connectivity index (χ1n) is 5.88. The molecular weight excluding hydrogens is 238 g/mol. The zero-order valence-electron chi connectivity index (χ0n) is 10.7. The lowest BCUT2D eigenvalue weighted by Gasteiger charge is -2.38. The summed E-state index contributed by atoms with van der Waals surface area (Å²) in [5.74, 6) is 1.65. The molecule has 1 aromatic heterocycles. The average molecular weight is 256 g/mol. The summed E-state index contributed by atoms with van der Waals surface area (Å²) in [6, 6.07) is 0.315. The van der Waals surface area contributed by atoms with Gasteiger partial charge in [0.25, 0.3) is 0 Å². The van der Waals surface area contributed by atoms with Gasteiger partial charge in [-0.05, 0) is 27.7 Å². The maximum absolute atomic E-state index is 6.11. The van der Waals surface area contributed by atoms with E-state index in [1.165, 1.54) is 0 Å². The number of ether oxygens (including phenoxy) is 1. The first-order chi connectivity index (χ1) is 7.99. The summed E-state index contributed by atoms with van der Waals surface area (Å²) in [5.41, 5.74) is 0.943. The van der Waals surface area contributed by atoms with Crippen LogP contribution in [-0.4, -0.2) is 35.3 Å². The van der Waals surface area contributed by atoms with Gasteiger partial charge in [-0.15, -0.1) is 0 Å². The number of aryl methyl sites for hydroxylation is 1. The van der Waals surface area contributed by atoms with Gasteiger partial charge in [-0.1, -0.05) is 11.6 Å². The minimum absolute atomic E-state index is 0.222. The molecule has 0 aliphatic carbocycles. The summed E-state index contributed by atoms with van der Waals surface area (Å²) in [5, 5.41) is 0.541. The van der Waals surface area contributed by atoms with E-state index >= 15 is 0 Å². The molecule has 0 radical (unpaired) electrons. The molecule has 1 aromatic rings. The fraction of sp³-hybridized carbons (Fsp3) is 0.667. The smallest absolute Gasteiger partial charge is 0.137 e. The minimum Gasteiger partial charge on any atom is -0.375 e. The zero-order chi connectivity index (χ0) is 12.6. The molecule has 0 spiro atoms. The maximum atomic E-state index is 6.11. The predicted molar refractivity (Wildman–Crippen MR) is 68.7 cm³/mol. The fourth-order valence-electron chi connectivity index (χ4n) is 2.06. The second-order valence-corrected chi connectivity index (χ2v) is 5.01. The minimum atomic E-state index is 0.222. The van der Waals surface area contributed by atoms with Crippen LogP contribution >= 0.6 is 11.6 Å². The van der Waals surface area contributed by atoms with E-state index in [4.69, 9.17) is 16.3 Å². The van der Waals surface area contributed by atoms with Crippen molar-refractivity contribution in [3.8, 4) is 0 Å².